The first-order valence-electron chi connectivity index (χ1n) is 5.65. The highest BCUT2D eigenvalue weighted by Gasteiger charge is 2.21. The quantitative estimate of drug-likeness (QED) is 0.833. The minimum Gasteiger partial charge on any atom is -0.335 e. The number of thiophene rings is 1. The van der Waals surface area contributed by atoms with Gasteiger partial charge in [-0.15, -0.1) is 11.3 Å². The highest BCUT2D eigenvalue weighted by Crippen LogP contribution is 2.22. The Balaban J connectivity index is 2.76. The summed E-state index contributed by atoms with van der Waals surface area (Å²) in [4.78, 5) is 16.3. The van der Waals surface area contributed by atoms with Crippen molar-refractivity contribution in [3.05, 3.63) is 20.8 Å². The Morgan fingerprint density at radius 1 is 1.53 bits per heavy atom. The van der Waals surface area contributed by atoms with Gasteiger partial charge in [0.2, 0.25) is 0 Å². The number of carbonyl (C=O) groups excluding carboxylic acids is 1. The molecule has 0 aromatic carbocycles. The molecule has 0 saturated heterocycles. The molecular formula is C12H19BrN2OS. The van der Waals surface area contributed by atoms with Gasteiger partial charge in [-0.2, -0.15) is 0 Å². The summed E-state index contributed by atoms with van der Waals surface area (Å²) in [5, 5.41) is 1.90. The van der Waals surface area contributed by atoms with E-state index in [9.17, 15) is 4.79 Å². The normalized spacial score (nSPS) is 12.8. The van der Waals surface area contributed by atoms with Gasteiger partial charge >= 0.3 is 0 Å². The molecule has 0 N–H and O–H groups in total. The summed E-state index contributed by atoms with van der Waals surface area (Å²) in [6, 6.07) is 2.11. The van der Waals surface area contributed by atoms with E-state index in [4.69, 9.17) is 0 Å². The smallest absolute Gasteiger partial charge is 0.255 e. The summed E-state index contributed by atoms with van der Waals surface area (Å²) in [5.74, 6) is 0.115. The Bertz CT molecular complexity index is 378. The Hall–Kier alpha value is -0.390. The molecule has 0 fully saturated rings. The van der Waals surface area contributed by atoms with E-state index in [0.29, 0.717) is 0 Å². The zero-order valence-corrected chi connectivity index (χ0v) is 13.1. The lowest BCUT2D eigenvalue weighted by molar-refractivity contribution is 0.0679. The molecular weight excluding hydrogens is 300 g/mol. The summed E-state index contributed by atoms with van der Waals surface area (Å²) >= 11 is 4.93. The van der Waals surface area contributed by atoms with E-state index in [2.05, 4.69) is 27.8 Å². The highest BCUT2D eigenvalue weighted by molar-refractivity contribution is 9.11. The van der Waals surface area contributed by atoms with Crippen LogP contribution in [0.4, 0.5) is 0 Å². The standard InChI is InChI=1S/C12H19BrN2OS/c1-5-15(9(2)7-14(3)4)12(16)10-6-11(13)17-8-10/h6,8-9H,5,7H2,1-4H3. The Morgan fingerprint density at radius 2 is 2.18 bits per heavy atom. The minimum atomic E-state index is 0.115. The number of carbonyl (C=O) groups is 1. The molecule has 1 atom stereocenters. The second-order valence-corrected chi connectivity index (χ2v) is 6.63. The molecule has 1 amide bonds. The molecule has 1 rings (SSSR count). The summed E-state index contributed by atoms with van der Waals surface area (Å²) in [5.41, 5.74) is 0.773. The van der Waals surface area contributed by atoms with Crippen LogP contribution in [-0.2, 0) is 0 Å². The van der Waals surface area contributed by atoms with Gasteiger partial charge in [0, 0.05) is 24.5 Å². The lowest BCUT2D eigenvalue weighted by Crippen LogP contribution is -2.43. The summed E-state index contributed by atoms with van der Waals surface area (Å²) in [7, 11) is 4.05. The van der Waals surface area contributed by atoms with Crippen molar-refractivity contribution in [3.63, 3.8) is 0 Å². The van der Waals surface area contributed by atoms with Gasteiger partial charge in [0.05, 0.1) is 9.35 Å². The van der Waals surface area contributed by atoms with Crippen molar-refractivity contribution in [1.82, 2.24) is 9.80 Å². The van der Waals surface area contributed by atoms with Gasteiger partial charge in [-0.1, -0.05) is 0 Å². The van der Waals surface area contributed by atoms with Crippen LogP contribution in [0, 0.1) is 0 Å². The topological polar surface area (TPSA) is 23.6 Å². The predicted octanol–water partition coefficient (Wildman–Crippen LogP) is 2.92. The predicted molar refractivity (Wildman–Crippen MR) is 76.7 cm³/mol. The number of amides is 1. The molecule has 0 saturated carbocycles. The Kier molecular flexibility index (Phi) is 5.62. The SMILES string of the molecule is CCN(C(=O)c1csc(Br)c1)C(C)CN(C)C. The van der Waals surface area contributed by atoms with Gasteiger partial charge in [-0.05, 0) is 49.9 Å². The first-order chi connectivity index (χ1) is 7.95. The lowest BCUT2D eigenvalue weighted by atomic mass is 10.2. The van der Waals surface area contributed by atoms with Gasteiger partial charge in [-0.25, -0.2) is 0 Å². The molecule has 1 aromatic heterocycles. The number of nitrogens with zero attached hydrogens (tertiary/aromatic N) is 2. The third kappa shape index (κ3) is 4.08. The maximum Gasteiger partial charge on any atom is 0.255 e. The van der Waals surface area contributed by atoms with E-state index in [1.807, 2.05) is 37.4 Å². The fourth-order valence-corrected chi connectivity index (χ4v) is 3.00. The number of halogens is 1. The molecule has 1 unspecified atom stereocenters. The van der Waals surface area contributed by atoms with Crippen LogP contribution >= 0.6 is 27.3 Å². The summed E-state index contributed by atoms with van der Waals surface area (Å²) in [6.07, 6.45) is 0. The van der Waals surface area contributed by atoms with E-state index in [1.165, 1.54) is 0 Å². The number of likely N-dealkylation sites (N-methyl/N-ethyl adjacent to an activating group) is 2. The molecule has 96 valence electrons. The molecule has 0 aliphatic heterocycles. The Morgan fingerprint density at radius 3 is 2.59 bits per heavy atom. The lowest BCUT2D eigenvalue weighted by Gasteiger charge is -2.29. The highest BCUT2D eigenvalue weighted by atomic mass is 79.9. The van der Waals surface area contributed by atoms with E-state index in [0.717, 1.165) is 22.4 Å². The van der Waals surface area contributed by atoms with Crippen molar-refractivity contribution in [2.24, 2.45) is 0 Å². The minimum absolute atomic E-state index is 0.115. The zero-order chi connectivity index (χ0) is 13.0. The van der Waals surface area contributed by atoms with Gasteiger partial charge < -0.3 is 9.80 Å². The maximum atomic E-state index is 12.3. The van der Waals surface area contributed by atoms with Crippen LogP contribution < -0.4 is 0 Å². The van der Waals surface area contributed by atoms with Gasteiger partial charge in [-0.3, -0.25) is 4.79 Å². The van der Waals surface area contributed by atoms with Crippen molar-refractivity contribution in [2.75, 3.05) is 27.2 Å². The van der Waals surface area contributed by atoms with Crippen LogP contribution in [0.25, 0.3) is 0 Å². The third-order valence-electron chi connectivity index (χ3n) is 2.58. The van der Waals surface area contributed by atoms with Gasteiger partial charge in [0.1, 0.15) is 0 Å². The maximum absolute atomic E-state index is 12.3. The molecule has 17 heavy (non-hydrogen) atoms. The van der Waals surface area contributed by atoms with Crippen molar-refractivity contribution >= 4 is 33.2 Å². The van der Waals surface area contributed by atoms with Crippen molar-refractivity contribution in [3.8, 4) is 0 Å². The molecule has 1 heterocycles. The van der Waals surface area contributed by atoms with E-state index in [1.54, 1.807) is 11.3 Å². The van der Waals surface area contributed by atoms with Crippen LogP contribution in [0.15, 0.2) is 15.2 Å². The van der Waals surface area contributed by atoms with Crippen molar-refractivity contribution in [1.29, 1.82) is 0 Å². The molecule has 0 spiro atoms. The Labute approximate surface area is 116 Å². The number of hydrogen-bond acceptors (Lipinski definition) is 3. The molecule has 1 aromatic rings. The number of rotatable bonds is 5. The van der Waals surface area contributed by atoms with Gasteiger partial charge in [0.25, 0.3) is 5.91 Å². The van der Waals surface area contributed by atoms with Crippen molar-refractivity contribution in [2.45, 2.75) is 19.9 Å². The second-order valence-electron chi connectivity index (χ2n) is 4.34. The monoisotopic (exact) mass is 318 g/mol. The van der Waals surface area contributed by atoms with Gasteiger partial charge in [0.15, 0.2) is 0 Å². The molecule has 0 bridgehead atoms. The second kappa shape index (κ2) is 6.52. The van der Waals surface area contributed by atoms with E-state index in [-0.39, 0.29) is 11.9 Å². The first-order valence-corrected chi connectivity index (χ1v) is 7.32. The van der Waals surface area contributed by atoms with E-state index >= 15 is 0 Å². The summed E-state index contributed by atoms with van der Waals surface area (Å²) in [6.45, 7) is 5.72. The fourth-order valence-electron chi connectivity index (χ4n) is 1.87. The molecule has 0 aliphatic rings. The average Bonchev–Trinajstić information content (AvgIpc) is 2.64. The van der Waals surface area contributed by atoms with E-state index < -0.39 is 0 Å². The van der Waals surface area contributed by atoms with Crippen LogP contribution in [0.5, 0.6) is 0 Å². The third-order valence-corrected chi connectivity index (χ3v) is 4.08. The fraction of sp³-hybridized carbons (Fsp3) is 0.583. The van der Waals surface area contributed by atoms with Crippen molar-refractivity contribution < 1.29 is 4.79 Å². The first kappa shape index (κ1) is 14.7. The van der Waals surface area contributed by atoms with Crippen LogP contribution in [0.1, 0.15) is 24.2 Å². The zero-order valence-electron chi connectivity index (χ0n) is 10.7. The molecule has 0 radical (unpaired) electrons. The molecule has 5 heteroatoms. The average molecular weight is 319 g/mol. The van der Waals surface area contributed by atoms with Crippen LogP contribution in [0.2, 0.25) is 0 Å². The molecule has 3 nitrogen and oxygen atoms in total. The van der Waals surface area contributed by atoms with Crippen LogP contribution in [0.3, 0.4) is 0 Å². The number of hydrogen-bond donors (Lipinski definition) is 0. The van der Waals surface area contributed by atoms with Crippen LogP contribution in [-0.4, -0.2) is 48.9 Å². The molecule has 0 aliphatic carbocycles. The summed E-state index contributed by atoms with van der Waals surface area (Å²) < 4.78 is 0.997. The largest absolute Gasteiger partial charge is 0.335 e.